The fourth-order valence-corrected chi connectivity index (χ4v) is 2.32. The summed E-state index contributed by atoms with van der Waals surface area (Å²) in [6, 6.07) is 5.63. The van der Waals surface area contributed by atoms with E-state index in [1.165, 1.54) is 24.0 Å². The zero-order valence-electron chi connectivity index (χ0n) is 15.8. The van der Waals surface area contributed by atoms with Crippen LogP contribution in [0.2, 0.25) is 0 Å². The van der Waals surface area contributed by atoms with Crippen molar-refractivity contribution in [2.24, 2.45) is 0 Å². The van der Waals surface area contributed by atoms with Crippen molar-refractivity contribution in [3.05, 3.63) is 47.5 Å². The van der Waals surface area contributed by atoms with Crippen LogP contribution in [0.15, 0.2) is 36.4 Å². The lowest BCUT2D eigenvalue weighted by Crippen LogP contribution is -2.51. The average Bonchev–Trinajstić information content (AvgIpc) is 2.69. The van der Waals surface area contributed by atoms with Gasteiger partial charge in [-0.3, -0.25) is 0 Å². The quantitative estimate of drug-likeness (QED) is 0.295. The summed E-state index contributed by atoms with van der Waals surface area (Å²) in [7, 11) is 0. The van der Waals surface area contributed by atoms with Crippen LogP contribution in [-0.2, 0) is 0 Å². The van der Waals surface area contributed by atoms with Gasteiger partial charge < -0.3 is 0 Å². The fourth-order valence-electron chi connectivity index (χ4n) is 2.32. The molecular weight excluding hydrogens is 506 g/mol. The molecule has 14 heteroatoms. The molecule has 2 rings (SSSR count). The highest BCUT2D eigenvalue weighted by Gasteiger charge is 2.73. The molecule has 0 spiro atoms. The van der Waals surface area contributed by atoms with Crippen molar-refractivity contribution in [1.29, 1.82) is 0 Å². The van der Waals surface area contributed by atoms with Crippen LogP contribution in [0.4, 0.5) is 61.5 Å². The Morgan fingerprint density at radius 1 is 0.441 bits per heavy atom. The minimum atomic E-state index is -6.64. The second kappa shape index (κ2) is 8.25. The second-order valence-corrected chi connectivity index (χ2v) is 6.50. The van der Waals surface area contributed by atoms with Gasteiger partial charge in [-0.25, -0.2) is 0 Å². The SMILES string of the molecule is FC(F)(F)C(F)(F)C(F)(F)C#Cc1ccc(C#CC(F)(F)C(F)(F)C(F)(F)F)c2ccccc12. The molecule has 0 radical (unpaired) electrons. The molecule has 0 atom stereocenters. The summed E-state index contributed by atoms with van der Waals surface area (Å²) in [6.45, 7) is 0. The molecule has 2 aromatic carbocycles. The Kier molecular flexibility index (Phi) is 6.57. The summed E-state index contributed by atoms with van der Waals surface area (Å²) in [4.78, 5) is 0. The smallest absolute Gasteiger partial charge is 0.188 e. The van der Waals surface area contributed by atoms with Crippen molar-refractivity contribution in [3.63, 3.8) is 0 Å². The van der Waals surface area contributed by atoms with E-state index in [0.29, 0.717) is 24.0 Å². The van der Waals surface area contributed by atoms with E-state index in [0.717, 1.165) is 12.1 Å². The van der Waals surface area contributed by atoms with E-state index in [4.69, 9.17) is 0 Å². The number of hydrogen-bond acceptors (Lipinski definition) is 0. The molecular formula is C20H6F14. The summed E-state index contributed by atoms with van der Waals surface area (Å²) in [6.07, 6.45) is -13.3. The molecule has 2 aromatic rings. The molecule has 0 aliphatic carbocycles. The minimum absolute atomic E-state index is 0.334. The molecule has 34 heavy (non-hydrogen) atoms. The lowest BCUT2D eigenvalue weighted by molar-refractivity contribution is -0.339. The van der Waals surface area contributed by atoms with Crippen LogP contribution in [-0.4, -0.2) is 36.0 Å². The number of benzene rings is 2. The second-order valence-electron chi connectivity index (χ2n) is 6.50. The average molecular weight is 512 g/mol. The third-order valence-corrected chi connectivity index (χ3v) is 4.13. The Morgan fingerprint density at radius 2 is 0.735 bits per heavy atom. The van der Waals surface area contributed by atoms with Crippen LogP contribution >= 0.6 is 0 Å². The zero-order valence-corrected chi connectivity index (χ0v) is 15.8. The first-order valence-electron chi connectivity index (χ1n) is 8.38. The van der Waals surface area contributed by atoms with Crippen LogP contribution in [0.3, 0.4) is 0 Å². The highest BCUT2D eigenvalue weighted by atomic mass is 19.4. The lowest BCUT2D eigenvalue weighted by Gasteiger charge is -2.24. The van der Waals surface area contributed by atoms with E-state index in [9.17, 15) is 61.5 Å². The normalized spacial score (nSPS) is 13.7. The van der Waals surface area contributed by atoms with Gasteiger partial charge >= 0.3 is 36.0 Å². The van der Waals surface area contributed by atoms with Gasteiger partial charge in [-0.15, -0.1) is 0 Å². The first-order valence-corrected chi connectivity index (χ1v) is 8.38. The molecule has 0 fully saturated rings. The number of rotatable bonds is 2. The van der Waals surface area contributed by atoms with Gasteiger partial charge in [0.2, 0.25) is 0 Å². The van der Waals surface area contributed by atoms with Gasteiger partial charge in [-0.2, -0.15) is 61.5 Å². The molecule has 0 aromatic heterocycles. The summed E-state index contributed by atoms with van der Waals surface area (Å²) >= 11 is 0. The van der Waals surface area contributed by atoms with Crippen molar-refractivity contribution in [2.75, 3.05) is 0 Å². The lowest BCUT2D eigenvalue weighted by atomic mass is 9.99. The zero-order chi connectivity index (χ0) is 26.4. The fraction of sp³-hybridized carbons (Fsp3) is 0.300. The van der Waals surface area contributed by atoms with Gasteiger partial charge in [0.1, 0.15) is 0 Å². The number of hydrogen-bond donors (Lipinski definition) is 0. The van der Waals surface area contributed by atoms with E-state index in [-0.39, 0.29) is 10.8 Å². The molecule has 0 aliphatic rings. The van der Waals surface area contributed by atoms with Crippen LogP contribution in [0, 0.1) is 23.7 Å². The van der Waals surface area contributed by atoms with Crippen molar-refractivity contribution in [1.82, 2.24) is 0 Å². The topological polar surface area (TPSA) is 0 Å². The van der Waals surface area contributed by atoms with Gasteiger partial charge in [-0.1, -0.05) is 36.1 Å². The van der Waals surface area contributed by atoms with Gasteiger partial charge in [0.05, 0.1) is 0 Å². The molecule has 0 saturated carbocycles. The minimum Gasteiger partial charge on any atom is -0.188 e. The molecule has 0 aliphatic heterocycles. The van der Waals surface area contributed by atoms with Gasteiger partial charge in [0.15, 0.2) is 0 Å². The Morgan fingerprint density at radius 3 is 1.00 bits per heavy atom. The monoisotopic (exact) mass is 512 g/mol. The van der Waals surface area contributed by atoms with Crippen LogP contribution in [0.5, 0.6) is 0 Å². The maximum atomic E-state index is 13.4. The van der Waals surface area contributed by atoms with Crippen molar-refractivity contribution in [2.45, 2.75) is 36.0 Å². The summed E-state index contributed by atoms with van der Waals surface area (Å²) < 4.78 is 179. The molecule has 184 valence electrons. The van der Waals surface area contributed by atoms with Crippen molar-refractivity contribution >= 4 is 10.8 Å². The molecule has 0 amide bonds. The van der Waals surface area contributed by atoms with E-state index in [2.05, 4.69) is 0 Å². The van der Waals surface area contributed by atoms with E-state index in [1.54, 1.807) is 0 Å². The Bertz CT molecular complexity index is 1100. The highest BCUT2D eigenvalue weighted by molar-refractivity contribution is 5.92. The van der Waals surface area contributed by atoms with Crippen molar-refractivity contribution < 1.29 is 61.5 Å². The Balaban J connectivity index is 2.59. The number of alkyl halides is 14. The van der Waals surface area contributed by atoms with Crippen LogP contribution < -0.4 is 0 Å². The molecule has 0 N–H and O–H groups in total. The first kappa shape index (κ1) is 27.1. The standard InChI is InChI=1S/C20H6F14/c21-15(22,17(25,26)19(29,30)31)9-7-11-5-6-12(14-4-2-1-3-13(11)14)8-10-16(23,24)18(27,28)20(32,33)34/h1-6H. The van der Waals surface area contributed by atoms with Crippen LogP contribution in [0.1, 0.15) is 11.1 Å². The predicted molar refractivity (Wildman–Crippen MR) is 89.6 cm³/mol. The third kappa shape index (κ3) is 4.72. The van der Waals surface area contributed by atoms with E-state index < -0.39 is 47.2 Å². The van der Waals surface area contributed by atoms with E-state index in [1.807, 2.05) is 0 Å². The van der Waals surface area contributed by atoms with Crippen LogP contribution in [0.25, 0.3) is 10.8 Å². The summed E-state index contributed by atoms with van der Waals surface area (Å²) in [5, 5.41) is -0.669. The third-order valence-electron chi connectivity index (χ3n) is 4.13. The van der Waals surface area contributed by atoms with E-state index >= 15 is 0 Å². The molecule has 0 unspecified atom stereocenters. The Hall–Kier alpha value is -3.16. The van der Waals surface area contributed by atoms with Crippen molar-refractivity contribution in [3.8, 4) is 23.7 Å². The maximum absolute atomic E-state index is 13.4. The summed E-state index contributed by atoms with van der Waals surface area (Å²) in [5.41, 5.74) is -1.24. The number of halogens is 14. The molecule has 0 bridgehead atoms. The molecule has 0 saturated heterocycles. The number of fused-ring (bicyclic) bond motifs is 1. The highest BCUT2D eigenvalue weighted by Crippen LogP contribution is 2.47. The predicted octanol–water partition coefficient (Wildman–Crippen LogP) is 7.21. The summed E-state index contributed by atoms with van der Waals surface area (Å²) in [5.74, 6) is -21.0. The largest absolute Gasteiger partial charge is 0.461 e. The van der Waals surface area contributed by atoms with Gasteiger partial charge in [0, 0.05) is 11.1 Å². The molecule has 0 heterocycles. The Labute approximate surface area is 180 Å². The van der Waals surface area contributed by atoms with Gasteiger partial charge in [-0.05, 0) is 34.7 Å². The maximum Gasteiger partial charge on any atom is 0.461 e. The van der Waals surface area contributed by atoms with Gasteiger partial charge in [0.25, 0.3) is 0 Å². The first-order chi connectivity index (χ1) is 15.2. The molecule has 0 nitrogen and oxygen atoms in total.